The van der Waals surface area contributed by atoms with Crippen LogP contribution in [-0.2, 0) is 27.3 Å². The Labute approximate surface area is 231 Å². The van der Waals surface area contributed by atoms with Crippen LogP contribution in [0.2, 0.25) is 0 Å². The minimum Gasteiger partial charge on any atom is -0.507 e. The highest BCUT2D eigenvalue weighted by molar-refractivity contribution is 5.99. The Hall–Kier alpha value is -4.20. The number of benzene rings is 2. The predicted octanol–water partition coefficient (Wildman–Crippen LogP) is 5.19. The first-order valence-electron chi connectivity index (χ1n) is 14.0. The van der Waals surface area contributed by atoms with E-state index in [1.807, 2.05) is 24.3 Å². The number of cyclic esters (lactones) is 1. The molecule has 0 unspecified atom stereocenters. The SMILES string of the molecule is C[C@H]1CCCC(=O)CCCC=Cc2cc3c(c(O)c2C(=O)O1)[C@H](c1cc2cccc4c2n(c1=O)CC4)CC(=O)O3. The van der Waals surface area contributed by atoms with E-state index in [9.17, 15) is 24.3 Å². The van der Waals surface area contributed by atoms with Crippen molar-refractivity contribution in [1.82, 2.24) is 4.57 Å². The molecule has 0 amide bonds. The lowest BCUT2D eigenvalue weighted by molar-refractivity contribution is -0.135. The average Bonchev–Trinajstić information content (AvgIpc) is 3.35. The van der Waals surface area contributed by atoms with E-state index >= 15 is 0 Å². The number of para-hydroxylation sites is 1. The maximum absolute atomic E-state index is 13.7. The highest BCUT2D eigenvalue weighted by Gasteiger charge is 2.37. The minimum absolute atomic E-state index is 0.0225. The standard InChI is InChI=1S/C32H31NO7/c1-18-7-5-12-22(34)11-4-2-3-8-20-16-25-28(30(36)27(20)32(38)39-18)23(17-26(35)40-25)24-15-21-10-6-9-19-13-14-33(29(19)21)31(24)37/h3,6,8-10,15-16,18,23,36H,2,4-5,7,11-14,17H2,1H3/t18-,23-/m0/s1. The summed E-state index contributed by atoms with van der Waals surface area (Å²) in [6.45, 7) is 2.31. The molecule has 6 rings (SSSR count). The molecule has 8 heteroatoms. The van der Waals surface area contributed by atoms with Crippen LogP contribution in [0.1, 0.15) is 90.4 Å². The van der Waals surface area contributed by atoms with Gasteiger partial charge < -0.3 is 19.1 Å². The number of ketones is 1. The number of allylic oxidation sites excluding steroid dienone is 1. The maximum atomic E-state index is 13.7. The van der Waals surface area contributed by atoms with E-state index in [1.165, 1.54) is 0 Å². The van der Waals surface area contributed by atoms with Crippen LogP contribution in [0.15, 0.2) is 41.2 Å². The average molecular weight is 542 g/mol. The number of aromatic hydroxyl groups is 1. The van der Waals surface area contributed by atoms with E-state index in [2.05, 4.69) is 0 Å². The lowest BCUT2D eigenvalue weighted by Gasteiger charge is -2.27. The van der Waals surface area contributed by atoms with Gasteiger partial charge in [-0.05, 0) is 67.7 Å². The summed E-state index contributed by atoms with van der Waals surface area (Å²) < 4.78 is 13.0. The Morgan fingerprint density at radius 1 is 1.02 bits per heavy atom. The van der Waals surface area contributed by atoms with Gasteiger partial charge in [-0.25, -0.2) is 4.79 Å². The second-order valence-corrected chi connectivity index (χ2v) is 10.9. The topological polar surface area (TPSA) is 112 Å². The van der Waals surface area contributed by atoms with Crippen molar-refractivity contribution in [3.63, 3.8) is 0 Å². The van der Waals surface area contributed by atoms with Crippen molar-refractivity contribution in [3.8, 4) is 11.5 Å². The van der Waals surface area contributed by atoms with Crippen molar-refractivity contribution in [1.29, 1.82) is 0 Å². The number of phenolic OH excluding ortho intramolecular Hbond substituents is 1. The number of Topliss-reactive ketones (excluding diaryl/α,β-unsaturated/α-hetero) is 1. The summed E-state index contributed by atoms with van der Waals surface area (Å²) >= 11 is 0. The Morgan fingerprint density at radius 2 is 1.85 bits per heavy atom. The summed E-state index contributed by atoms with van der Waals surface area (Å²) in [6.07, 6.45) is 6.99. The molecule has 3 aromatic rings. The van der Waals surface area contributed by atoms with E-state index in [4.69, 9.17) is 9.47 Å². The minimum atomic E-state index is -0.792. The number of fused-ring (bicyclic) bond motifs is 2. The first kappa shape index (κ1) is 26.0. The van der Waals surface area contributed by atoms with Gasteiger partial charge in [-0.15, -0.1) is 0 Å². The Bertz CT molecular complexity index is 1650. The second-order valence-electron chi connectivity index (χ2n) is 10.9. The number of hydrogen-bond donors (Lipinski definition) is 1. The molecule has 0 saturated heterocycles. The highest BCUT2D eigenvalue weighted by atomic mass is 16.5. The van der Waals surface area contributed by atoms with E-state index in [-0.39, 0.29) is 40.4 Å². The zero-order valence-electron chi connectivity index (χ0n) is 22.4. The monoisotopic (exact) mass is 541 g/mol. The van der Waals surface area contributed by atoms with Crippen LogP contribution in [0, 0.1) is 0 Å². The molecular weight excluding hydrogens is 510 g/mol. The summed E-state index contributed by atoms with van der Waals surface area (Å²) in [4.78, 5) is 52.1. The fourth-order valence-corrected chi connectivity index (χ4v) is 6.23. The summed E-state index contributed by atoms with van der Waals surface area (Å²) in [5.41, 5.74) is 2.73. The first-order chi connectivity index (χ1) is 19.3. The maximum Gasteiger partial charge on any atom is 0.342 e. The lowest BCUT2D eigenvalue weighted by Crippen LogP contribution is -2.29. The van der Waals surface area contributed by atoms with Gasteiger partial charge in [0.15, 0.2) is 0 Å². The molecule has 8 nitrogen and oxygen atoms in total. The number of carbonyl (C=O) groups is 3. The molecule has 0 spiro atoms. The Kier molecular flexibility index (Phi) is 6.78. The third kappa shape index (κ3) is 4.61. The van der Waals surface area contributed by atoms with Gasteiger partial charge in [0.2, 0.25) is 0 Å². The van der Waals surface area contributed by atoms with E-state index in [0.29, 0.717) is 56.2 Å². The molecule has 0 bridgehead atoms. The molecule has 0 radical (unpaired) electrons. The van der Waals surface area contributed by atoms with Crippen molar-refractivity contribution in [2.45, 2.75) is 76.9 Å². The van der Waals surface area contributed by atoms with Gasteiger partial charge in [-0.3, -0.25) is 14.4 Å². The molecule has 40 heavy (non-hydrogen) atoms. The van der Waals surface area contributed by atoms with Crippen molar-refractivity contribution in [3.05, 3.63) is 74.6 Å². The second kappa shape index (κ2) is 10.4. The molecule has 0 aliphatic carbocycles. The molecule has 0 fully saturated rings. The van der Waals surface area contributed by atoms with Crippen molar-refractivity contribution < 1.29 is 29.0 Å². The number of hydrogen-bond acceptors (Lipinski definition) is 7. The largest absolute Gasteiger partial charge is 0.507 e. The van der Waals surface area contributed by atoms with Crippen LogP contribution in [-0.4, -0.2) is 33.5 Å². The predicted molar refractivity (Wildman–Crippen MR) is 149 cm³/mol. The van der Waals surface area contributed by atoms with Crippen LogP contribution in [0.4, 0.5) is 0 Å². The molecule has 4 heterocycles. The number of aromatic nitrogens is 1. The summed E-state index contributed by atoms with van der Waals surface area (Å²) in [7, 11) is 0. The van der Waals surface area contributed by atoms with E-state index < -0.39 is 24.0 Å². The van der Waals surface area contributed by atoms with Crippen molar-refractivity contribution in [2.24, 2.45) is 0 Å². The molecule has 206 valence electrons. The zero-order chi connectivity index (χ0) is 28.0. The van der Waals surface area contributed by atoms with Gasteiger partial charge in [0.1, 0.15) is 22.8 Å². The number of aryl methyl sites for hydroxylation is 2. The van der Waals surface area contributed by atoms with Crippen LogP contribution < -0.4 is 10.3 Å². The summed E-state index contributed by atoms with van der Waals surface area (Å²) in [5.74, 6) is -2.05. The Balaban J connectivity index is 1.50. The molecule has 2 aromatic carbocycles. The van der Waals surface area contributed by atoms with Crippen LogP contribution in [0.3, 0.4) is 0 Å². The molecule has 3 aliphatic rings. The van der Waals surface area contributed by atoms with Gasteiger partial charge in [-0.2, -0.15) is 0 Å². The summed E-state index contributed by atoms with van der Waals surface area (Å²) in [5, 5.41) is 12.5. The normalized spacial score (nSPS) is 21.4. The van der Waals surface area contributed by atoms with Gasteiger partial charge in [0.25, 0.3) is 5.56 Å². The number of rotatable bonds is 1. The van der Waals surface area contributed by atoms with Crippen molar-refractivity contribution in [2.75, 3.05) is 0 Å². The fourth-order valence-electron chi connectivity index (χ4n) is 6.23. The fraction of sp³-hybridized carbons (Fsp3) is 0.375. The lowest BCUT2D eigenvalue weighted by atomic mass is 9.83. The number of nitrogens with zero attached hydrogens (tertiary/aromatic N) is 1. The van der Waals surface area contributed by atoms with Crippen LogP contribution in [0.25, 0.3) is 17.0 Å². The molecule has 1 aromatic heterocycles. The zero-order valence-corrected chi connectivity index (χ0v) is 22.4. The molecule has 0 saturated carbocycles. The van der Waals surface area contributed by atoms with Gasteiger partial charge >= 0.3 is 11.9 Å². The molecule has 2 atom stereocenters. The molecule has 3 aliphatic heterocycles. The number of carbonyl (C=O) groups excluding carboxylic acids is 3. The number of phenols is 1. The van der Waals surface area contributed by atoms with Gasteiger partial charge in [0.05, 0.1) is 18.0 Å². The third-order valence-electron chi connectivity index (χ3n) is 8.18. The number of pyridine rings is 1. The van der Waals surface area contributed by atoms with Crippen LogP contribution >= 0.6 is 0 Å². The van der Waals surface area contributed by atoms with Gasteiger partial charge in [-0.1, -0.05) is 30.4 Å². The molecular formula is C32H31NO7. The first-order valence-corrected chi connectivity index (χ1v) is 14.0. The summed E-state index contributed by atoms with van der Waals surface area (Å²) in [6, 6.07) is 9.25. The van der Waals surface area contributed by atoms with Gasteiger partial charge in [0, 0.05) is 36.4 Å². The van der Waals surface area contributed by atoms with Crippen molar-refractivity contribution >= 4 is 34.7 Å². The molecule has 1 N–H and O–H groups in total. The third-order valence-corrected chi connectivity index (χ3v) is 8.18. The highest BCUT2D eigenvalue weighted by Crippen LogP contribution is 2.47. The Morgan fingerprint density at radius 3 is 2.70 bits per heavy atom. The quantitative estimate of drug-likeness (QED) is 0.333. The van der Waals surface area contributed by atoms with Crippen LogP contribution in [0.5, 0.6) is 11.5 Å². The number of ether oxygens (including phenoxy) is 2. The van der Waals surface area contributed by atoms with E-state index in [0.717, 1.165) is 22.9 Å². The smallest absolute Gasteiger partial charge is 0.342 e. The number of esters is 2. The van der Waals surface area contributed by atoms with E-state index in [1.54, 1.807) is 29.7 Å².